The second-order valence-electron chi connectivity index (χ2n) is 1.03. The zero-order valence-electron chi connectivity index (χ0n) is 3.71. The van der Waals surface area contributed by atoms with E-state index >= 15 is 0 Å². The van der Waals surface area contributed by atoms with Crippen molar-refractivity contribution in [1.29, 1.82) is 0 Å². The maximum Gasteiger partial charge on any atom is 0.159 e. The van der Waals surface area contributed by atoms with Crippen LogP contribution >= 0.6 is 0 Å². The molecule has 28 valence electrons. The Labute approximate surface area is 33.5 Å². The van der Waals surface area contributed by atoms with Gasteiger partial charge in [-0.3, -0.25) is 0 Å². The monoisotopic (exact) mass is 69.1 g/mol. The van der Waals surface area contributed by atoms with E-state index in [2.05, 4.69) is 11.9 Å². The van der Waals surface area contributed by atoms with Crippen LogP contribution in [0.2, 0.25) is 0 Å². The molecule has 0 radical (unpaired) electrons. The molecule has 0 aliphatic carbocycles. The molecule has 0 aromatic rings. The van der Waals surface area contributed by atoms with E-state index in [-0.39, 0.29) is 0 Å². The van der Waals surface area contributed by atoms with Gasteiger partial charge in [0.1, 0.15) is 0 Å². The van der Waals surface area contributed by atoms with Crippen LogP contribution in [-0.2, 0) is 0 Å². The van der Waals surface area contributed by atoms with Crippen LogP contribution in [0.5, 0.6) is 0 Å². The van der Waals surface area contributed by atoms with Crippen LogP contribution in [-0.4, -0.2) is 14.9 Å². The molecule has 0 spiro atoms. The molecular formula is C3H8BN. The summed E-state index contributed by atoms with van der Waals surface area (Å²) in [6.45, 7) is 3.56. The molecule has 1 nitrogen and oxygen atoms in total. The molecule has 2 heteroatoms. The highest BCUT2D eigenvalue weighted by Gasteiger charge is 1.63. The Morgan fingerprint density at radius 1 is 2.00 bits per heavy atom. The van der Waals surface area contributed by atoms with E-state index in [1.165, 1.54) is 0 Å². The molecule has 5 heavy (non-hydrogen) atoms. The molecule has 0 rings (SSSR count). The summed E-state index contributed by atoms with van der Waals surface area (Å²) in [5, 5.41) is 2.83. The Morgan fingerprint density at radius 2 is 2.20 bits per heavy atom. The lowest BCUT2D eigenvalue weighted by molar-refractivity contribution is 1.08. The fourth-order valence-electron chi connectivity index (χ4n) is 0. The molecule has 0 aliphatic heterocycles. The van der Waals surface area contributed by atoms with Gasteiger partial charge in [-0.1, -0.05) is 6.58 Å². The van der Waals surface area contributed by atoms with Crippen molar-refractivity contribution >= 4 is 7.85 Å². The zero-order valence-corrected chi connectivity index (χ0v) is 3.71. The third-order valence-electron chi connectivity index (χ3n) is 0.427. The van der Waals surface area contributed by atoms with Crippen molar-refractivity contribution in [3.05, 3.63) is 12.2 Å². The van der Waals surface area contributed by atoms with Gasteiger partial charge in [-0.15, -0.1) is 0 Å². The molecule has 0 saturated carbocycles. The minimum absolute atomic E-state index is 1.00. The second kappa shape index (κ2) is 1.88. The maximum atomic E-state index is 3.56. The molecule has 0 unspecified atom stereocenters. The van der Waals surface area contributed by atoms with Gasteiger partial charge in [0.15, 0.2) is 7.85 Å². The normalized spacial score (nSPS) is 6.60. The quantitative estimate of drug-likeness (QED) is 0.402. The Morgan fingerprint density at radius 3 is 2.20 bits per heavy atom. The summed E-state index contributed by atoms with van der Waals surface area (Å²) in [7, 11) is 3.77. The molecule has 0 amide bonds. The average molecular weight is 68.9 g/mol. The summed E-state index contributed by atoms with van der Waals surface area (Å²) in [5.41, 5.74) is 1.00. The number of hydrogen-bond acceptors (Lipinski definition) is 1. The highest BCUT2D eigenvalue weighted by molar-refractivity contribution is 6.20. The topological polar surface area (TPSA) is 12.0 Å². The summed E-state index contributed by atoms with van der Waals surface area (Å²) in [4.78, 5) is 0. The van der Waals surface area contributed by atoms with Crippen LogP contribution < -0.4 is 5.32 Å². The molecule has 0 bridgehead atoms. The second-order valence-corrected chi connectivity index (χ2v) is 1.03. The molecule has 0 saturated heterocycles. The lowest BCUT2D eigenvalue weighted by Crippen LogP contribution is -2.01. The predicted octanol–water partition coefficient (Wildman–Crippen LogP) is -0.690. The van der Waals surface area contributed by atoms with E-state index in [1.54, 1.807) is 0 Å². The van der Waals surface area contributed by atoms with E-state index in [1.807, 2.05) is 14.9 Å². The molecule has 0 aromatic heterocycles. The average Bonchev–Trinajstić information content (AvgIpc) is 1.38. The summed E-state index contributed by atoms with van der Waals surface area (Å²) >= 11 is 0. The van der Waals surface area contributed by atoms with E-state index in [9.17, 15) is 0 Å². The molecule has 0 heterocycles. The summed E-state index contributed by atoms with van der Waals surface area (Å²) in [5.74, 6) is 0. The third-order valence-corrected chi connectivity index (χ3v) is 0.427. The van der Waals surface area contributed by atoms with Gasteiger partial charge in [0.2, 0.25) is 0 Å². The van der Waals surface area contributed by atoms with E-state index < -0.39 is 0 Å². The molecule has 0 fully saturated rings. The largest absolute Gasteiger partial charge is 0.400 e. The van der Waals surface area contributed by atoms with Gasteiger partial charge in [0.25, 0.3) is 0 Å². The summed E-state index contributed by atoms with van der Waals surface area (Å²) < 4.78 is 0. The van der Waals surface area contributed by atoms with Gasteiger partial charge in [-0.05, 0) is 5.60 Å². The lowest BCUT2D eigenvalue weighted by Gasteiger charge is -1.87. The first-order valence-corrected chi connectivity index (χ1v) is 1.60. The summed E-state index contributed by atoms with van der Waals surface area (Å²) in [6.07, 6.45) is 0. The summed E-state index contributed by atoms with van der Waals surface area (Å²) in [6, 6.07) is 0. The molecule has 0 atom stereocenters. The first kappa shape index (κ1) is 4.60. The molecule has 0 aliphatic rings. The number of hydrogen-bond donors (Lipinski definition) is 1. The van der Waals surface area contributed by atoms with E-state index in [0.29, 0.717) is 0 Å². The third kappa shape index (κ3) is 3.60. The van der Waals surface area contributed by atoms with Gasteiger partial charge < -0.3 is 5.32 Å². The van der Waals surface area contributed by atoms with Crippen LogP contribution in [0.1, 0.15) is 0 Å². The first-order valence-electron chi connectivity index (χ1n) is 1.60. The smallest absolute Gasteiger partial charge is 0.159 e. The van der Waals surface area contributed by atoms with Gasteiger partial charge in [0, 0.05) is 7.05 Å². The Hall–Kier alpha value is -0.395. The minimum Gasteiger partial charge on any atom is -0.400 e. The van der Waals surface area contributed by atoms with Crippen LogP contribution in [0.3, 0.4) is 0 Å². The highest BCUT2D eigenvalue weighted by Crippen LogP contribution is 1.59. The van der Waals surface area contributed by atoms with E-state index in [4.69, 9.17) is 0 Å². The van der Waals surface area contributed by atoms with Crippen molar-refractivity contribution in [2.24, 2.45) is 0 Å². The SMILES string of the molecule is BC(=C)NC. The number of rotatable bonds is 1. The fourth-order valence-corrected chi connectivity index (χ4v) is 0. The highest BCUT2D eigenvalue weighted by atomic mass is 14.8. The number of nitrogens with one attached hydrogen (secondary N) is 1. The van der Waals surface area contributed by atoms with Crippen molar-refractivity contribution in [2.45, 2.75) is 0 Å². The van der Waals surface area contributed by atoms with Crippen molar-refractivity contribution in [3.8, 4) is 0 Å². The zero-order chi connectivity index (χ0) is 4.28. The molecule has 1 N–H and O–H groups in total. The lowest BCUT2D eigenvalue weighted by atomic mass is 10.1. The van der Waals surface area contributed by atoms with Gasteiger partial charge in [-0.25, -0.2) is 0 Å². The van der Waals surface area contributed by atoms with Crippen molar-refractivity contribution < 1.29 is 0 Å². The van der Waals surface area contributed by atoms with Crippen LogP contribution in [0, 0.1) is 0 Å². The Bertz CT molecular complexity index is 42.2. The van der Waals surface area contributed by atoms with E-state index in [0.717, 1.165) is 5.60 Å². The minimum atomic E-state index is 1.00. The Balaban J connectivity index is 2.85. The molecular weight excluding hydrogens is 60.9 g/mol. The van der Waals surface area contributed by atoms with Crippen LogP contribution in [0.25, 0.3) is 0 Å². The van der Waals surface area contributed by atoms with Gasteiger partial charge >= 0.3 is 0 Å². The van der Waals surface area contributed by atoms with Gasteiger partial charge in [-0.2, -0.15) is 0 Å². The van der Waals surface area contributed by atoms with Crippen LogP contribution in [0.15, 0.2) is 12.2 Å². The van der Waals surface area contributed by atoms with Crippen molar-refractivity contribution in [2.75, 3.05) is 7.05 Å². The maximum absolute atomic E-state index is 3.56. The predicted molar refractivity (Wildman–Crippen MR) is 26.7 cm³/mol. The van der Waals surface area contributed by atoms with Crippen molar-refractivity contribution in [1.82, 2.24) is 5.32 Å². The fraction of sp³-hybridized carbons (Fsp3) is 0.333. The van der Waals surface area contributed by atoms with Crippen molar-refractivity contribution in [3.63, 3.8) is 0 Å². The Kier molecular flexibility index (Phi) is 1.73. The van der Waals surface area contributed by atoms with Crippen LogP contribution in [0.4, 0.5) is 0 Å². The van der Waals surface area contributed by atoms with Gasteiger partial charge in [0.05, 0.1) is 0 Å². The molecule has 0 aromatic carbocycles. The first-order chi connectivity index (χ1) is 2.27. The standard InChI is InChI=1S/C3H8BN/c1-3(4)5-2/h5H,1,4H2,2H3.